The van der Waals surface area contributed by atoms with E-state index in [1.807, 2.05) is 0 Å². The van der Waals surface area contributed by atoms with Gasteiger partial charge in [0.25, 0.3) is 0 Å². The van der Waals surface area contributed by atoms with E-state index in [4.69, 9.17) is 9.47 Å². The maximum Gasteiger partial charge on any atom is 0.337 e. The Morgan fingerprint density at radius 2 is 1.27 bits per heavy atom. The van der Waals surface area contributed by atoms with E-state index in [0.29, 0.717) is 11.4 Å². The molecule has 0 saturated heterocycles. The highest BCUT2D eigenvalue weighted by Gasteiger charge is 2.08. The molecule has 0 aliphatic rings. The lowest BCUT2D eigenvalue weighted by molar-refractivity contribution is 0.332. The van der Waals surface area contributed by atoms with Crippen molar-refractivity contribution in [3.63, 3.8) is 0 Å². The molecular formula is C14H12N6O2. The van der Waals surface area contributed by atoms with Gasteiger partial charge in [-0.2, -0.15) is 20.2 Å². The van der Waals surface area contributed by atoms with Crippen LogP contribution >= 0.6 is 0 Å². The van der Waals surface area contributed by atoms with E-state index in [1.165, 1.54) is 12.4 Å². The molecule has 2 aromatic heterocycles. The fraction of sp³-hybridized carbons (Fsp3) is 0.286. The molecule has 2 rings (SSSR count). The van der Waals surface area contributed by atoms with E-state index >= 15 is 0 Å². The van der Waals surface area contributed by atoms with E-state index in [0.717, 1.165) is 0 Å². The van der Waals surface area contributed by atoms with Crippen LogP contribution < -0.4 is 9.47 Å². The number of hydrogen-bond acceptors (Lipinski definition) is 8. The molecule has 2 aromatic rings. The van der Waals surface area contributed by atoms with E-state index in [2.05, 4.69) is 54.0 Å². The monoisotopic (exact) mass is 296 g/mol. The van der Waals surface area contributed by atoms with Crippen LogP contribution in [0, 0.1) is 23.7 Å². The van der Waals surface area contributed by atoms with Gasteiger partial charge in [-0.05, 0) is 13.8 Å². The van der Waals surface area contributed by atoms with Crippen LogP contribution in [0.4, 0.5) is 0 Å². The number of ether oxygens (including phenoxy) is 2. The predicted molar refractivity (Wildman–Crippen MR) is 76.5 cm³/mol. The minimum atomic E-state index is 0.109. The normalized spacial score (nSPS) is 9.00. The predicted octanol–water partition coefficient (Wildman–Crippen LogP) is 0.528. The Kier molecular flexibility index (Phi) is 5.59. The van der Waals surface area contributed by atoms with Crippen LogP contribution in [0.25, 0.3) is 11.4 Å². The first-order valence-electron chi connectivity index (χ1n) is 6.28. The molecule has 0 aromatic carbocycles. The summed E-state index contributed by atoms with van der Waals surface area (Å²) >= 11 is 0. The zero-order chi connectivity index (χ0) is 15.6. The molecule has 0 spiro atoms. The summed E-state index contributed by atoms with van der Waals surface area (Å²) in [5, 5.41) is 15.1. The highest BCUT2D eigenvalue weighted by molar-refractivity contribution is 5.51. The summed E-state index contributed by atoms with van der Waals surface area (Å²) in [6, 6.07) is 0.219. The van der Waals surface area contributed by atoms with Gasteiger partial charge >= 0.3 is 12.0 Å². The molecule has 0 saturated carbocycles. The van der Waals surface area contributed by atoms with Crippen molar-refractivity contribution < 1.29 is 9.47 Å². The molecule has 0 unspecified atom stereocenters. The minimum Gasteiger partial charge on any atom is -0.449 e. The summed E-state index contributed by atoms with van der Waals surface area (Å²) in [5.74, 6) is 10.9. The first-order chi connectivity index (χ1) is 10.8. The Labute approximate surface area is 127 Å². The molecule has 0 amide bonds. The molecule has 0 aliphatic carbocycles. The van der Waals surface area contributed by atoms with Gasteiger partial charge in [0, 0.05) is 0 Å². The maximum atomic E-state index is 5.25. The van der Waals surface area contributed by atoms with Crippen molar-refractivity contribution in [1.82, 2.24) is 30.4 Å². The quantitative estimate of drug-likeness (QED) is 0.737. The van der Waals surface area contributed by atoms with Gasteiger partial charge < -0.3 is 9.47 Å². The highest BCUT2D eigenvalue weighted by atomic mass is 16.5. The fourth-order valence-corrected chi connectivity index (χ4v) is 1.29. The van der Waals surface area contributed by atoms with E-state index < -0.39 is 0 Å². The van der Waals surface area contributed by atoms with Crippen LogP contribution in [-0.4, -0.2) is 43.6 Å². The van der Waals surface area contributed by atoms with Crippen molar-refractivity contribution in [1.29, 1.82) is 0 Å². The zero-order valence-corrected chi connectivity index (χ0v) is 12.1. The molecule has 0 aliphatic heterocycles. The Balaban J connectivity index is 2.15. The van der Waals surface area contributed by atoms with Gasteiger partial charge in [-0.25, -0.2) is 0 Å². The first-order valence-corrected chi connectivity index (χ1v) is 6.28. The van der Waals surface area contributed by atoms with Gasteiger partial charge in [-0.3, -0.25) is 0 Å². The maximum absolute atomic E-state index is 5.25. The van der Waals surface area contributed by atoms with Gasteiger partial charge in [-0.1, -0.05) is 22.0 Å². The summed E-state index contributed by atoms with van der Waals surface area (Å²) in [5.41, 5.74) is 0.881. The number of nitrogens with zero attached hydrogens (tertiary/aromatic N) is 6. The van der Waals surface area contributed by atoms with E-state index in [1.54, 1.807) is 13.8 Å². The van der Waals surface area contributed by atoms with Crippen molar-refractivity contribution in [2.75, 3.05) is 13.2 Å². The van der Waals surface area contributed by atoms with Gasteiger partial charge in [-0.15, -0.1) is 11.8 Å². The summed E-state index contributed by atoms with van der Waals surface area (Å²) in [6.45, 7) is 3.81. The SMILES string of the molecule is CC#CCOc1nncc(-c2cnnc(OCC#CC)n2)n1. The second-order valence-corrected chi connectivity index (χ2v) is 3.68. The van der Waals surface area contributed by atoms with Crippen LogP contribution in [-0.2, 0) is 0 Å². The number of rotatable bonds is 5. The summed E-state index contributed by atoms with van der Waals surface area (Å²) in [7, 11) is 0. The molecular weight excluding hydrogens is 284 g/mol. The molecule has 8 heteroatoms. The van der Waals surface area contributed by atoms with Crippen molar-refractivity contribution in [2.45, 2.75) is 13.8 Å². The summed E-state index contributed by atoms with van der Waals surface area (Å²) in [6.07, 6.45) is 2.88. The lowest BCUT2D eigenvalue weighted by Gasteiger charge is -2.03. The van der Waals surface area contributed by atoms with Gasteiger partial charge in [0.05, 0.1) is 12.4 Å². The second-order valence-electron chi connectivity index (χ2n) is 3.68. The third-order valence-corrected chi connectivity index (χ3v) is 2.24. The summed E-state index contributed by atoms with van der Waals surface area (Å²) in [4.78, 5) is 8.35. The summed E-state index contributed by atoms with van der Waals surface area (Å²) < 4.78 is 10.5. The lowest BCUT2D eigenvalue weighted by atomic mass is 10.3. The third-order valence-electron chi connectivity index (χ3n) is 2.24. The number of hydrogen-bond donors (Lipinski definition) is 0. The third kappa shape index (κ3) is 4.39. The first kappa shape index (κ1) is 15.1. The number of aromatic nitrogens is 6. The Morgan fingerprint density at radius 3 is 1.68 bits per heavy atom. The Morgan fingerprint density at radius 1 is 0.818 bits per heavy atom. The molecule has 0 fully saturated rings. The van der Waals surface area contributed by atoms with Gasteiger partial charge in [0.2, 0.25) is 0 Å². The zero-order valence-electron chi connectivity index (χ0n) is 12.1. The molecule has 0 N–H and O–H groups in total. The molecule has 110 valence electrons. The lowest BCUT2D eigenvalue weighted by Crippen LogP contribution is -2.04. The molecule has 22 heavy (non-hydrogen) atoms. The second kappa shape index (κ2) is 8.12. The van der Waals surface area contributed by atoms with Crippen molar-refractivity contribution >= 4 is 0 Å². The van der Waals surface area contributed by atoms with Crippen LogP contribution in [0.2, 0.25) is 0 Å². The highest BCUT2D eigenvalue weighted by Crippen LogP contribution is 2.15. The largest absolute Gasteiger partial charge is 0.449 e. The van der Waals surface area contributed by atoms with E-state index in [9.17, 15) is 0 Å². The molecule has 0 atom stereocenters. The smallest absolute Gasteiger partial charge is 0.337 e. The Bertz CT molecular complexity index is 691. The molecule has 8 nitrogen and oxygen atoms in total. The minimum absolute atomic E-state index is 0.109. The van der Waals surface area contributed by atoms with Crippen LogP contribution in [0.5, 0.6) is 12.0 Å². The van der Waals surface area contributed by atoms with Crippen molar-refractivity contribution in [3.8, 4) is 47.1 Å². The van der Waals surface area contributed by atoms with Crippen LogP contribution in [0.1, 0.15) is 13.8 Å². The van der Waals surface area contributed by atoms with Crippen LogP contribution in [0.15, 0.2) is 12.4 Å². The average molecular weight is 296 g/mol. The van der Waals surface area contributed by atoms with Crippen LogP contribution in [0.3, 0.4) is 0 Å². The van der Waals surface area contributed by atoms with E-state index in [-0.39, 0.29) is 25.2 Å². The fourth-order valence-electron chi connectivity index (χ4n) is 1.29. The standard InChI is InChI=1S/C14H12N6O2/c1-3-5-7-21-13-17-11(9-15-19-13)12-10-16-20-14(18-12)22-8-6-4-2/h9-10H,7-8H2,1-2H3. The van der Waals surface area contributed by atoms with Gasteiger partial charge in [0.15, 0.2) is 13.2 Å². The van der Waals surface area contributed by atoms with Gasteiger partial charge in [0.1, 0.15) is 11.4 Å². The average Bonchev–Trinajstić information content (AvgIpc) is 2.56. The van der Waals surface area contributed by atoms with Crippen molar-refractivity contribution in [2.24, 2.45) is 0 Å². The molecule has 0 bridgehead atoms. The topological polar surface area (TPSA) is 95.8 Å². The molecule has 0 radical (unpaired) electrons. The Hall–Kier alpha value is -3.26. The molecule has 2 heterocycles. The van der Waals surface area contributed by atoms with Crippen molar-refractivity contribution in [3.05, 3.63) is 12.4 Å².